The van der Waals surface area contributed by atoms with Crippen LogP contribution in [0.15, 0.2) is 21.1 Å². The van der Waals surface area contributed by atoms with Crippen molar-refractivity contribution in [1.82, 2.24) is 18.7 Å². The van der Waals surface area contributed by atoms with Crippen molar-refractivity contribution in [3.05, 3.63) is 33.3 Å². The van der Waals surface area contributed by atoms with Crippen LogP contribution in [0.4, 0.5) is 0 Å². The van der Waals surface area contributed by atoms with Crippen molar-refractivity contribution in [3.63, 3.8) is 0 Å². The van der Waals surface area contributed by atoms with Gasteiger partial charge in [-0.25, -0.2) is 17.9 Å². The average molecular weight is 425 g/mol. The number of hydrogen-bond acceptors (Lipinski definition) is 5. The Labute approximate surface area is 170 Å². The fraction of sp³-hybridized carbons (Fsp3) is 0.684. The normalized spacial score (nSPS) is 20.2. The third-order valence-electron chi connectivity index (χ3n) is 6.07. The molecule has 0 spiro atoms. The van der Waals surface area contributed by atoms with E-state index in [1.807, 2.05) is 17.6 Å². The number of thiophene rings is 1. The van der Waals surface area contributed by atoms with E-state index in [4.69, 9.17) is 0 Å². The van der Waals surface area contributed by atoms with Gasteiger partial charge in [0, 0.05) is 37.0 Å². The zero-order valence-corrected chi connectivity index (χ0v) is 18.1. The Kier molecular flexibility index (Phi) is 5.50. The third-order valence-corrected chi connectivity index (χ3v) is 9.67. The monoisotopic (exact) mass is 424 g/mol. The lowest BCUT2D eigenvalue weighted by Gasteiger charge is -2.31. The summed E-state index contributed by atoms with van der Waals surface area (Å²) in [4.78, 5) is 13.7. The minimum Gasteiger partial charge on any atom is -0.276 e. The van der Waals surface area contributed by atoms with Gasteiger partial charge in [-0.3, -0.25) is 4.57 Å². The van der Waals surface area contributed by atoms with E-state index in [1.54, 1.807) is 17.4 Å². The summed E-state index contributed by atoms with van der Waals surface area (Å²) in [6.07, 6.45) is 6.63. The lowest BCUT2D eigenvalue weighted by molar-refractivity contribution is 0.304. The highest BCUT2D eigenvalue weighted by Gasteiger charge is 2.34. The van der Waals surface area contributed by atoms with Crippen LogP contribution in [0.5, 0.6) is 0 Å². The Hall–Kier alpha value is -1.45. The van der Waals surface area contributed by atoms with Crippen molar-refractivity contribution in [2.75, 3.05) is 13.1 Å². The Bertz CT molecular complexity index is 991. The Morgan fingerprint density at radius 1 is 1.14 bits per heavy atom. The maximum absolute atomic E-state index is 13.0. The van der Waals surface area contributed by atoms with E-state index in [0.29, 0.717) is 30.1 Å². The smallest absolute Gasteiger partial charge is 0.276 e. The van der Waals surface area contributed by atoms with E-state index in [0.717, 1.165) is 42.8 Å². The maximum atomic E-state index is 13.0. The maximum Gasteiger partial charge on any atom is 0.345 e. The molecular formula is C19H28N4O3S2. The van der Waals surface area contributed by atoms with Gasteiger partial charge in [0.05, 0.1) is 0 Å². The van der Waals surface area contributed by atoms with Gasteiger partial charge in [-0.2, -0.15) is 9.40 Å². The first kappa shape index (κ1) is 19.8. The van der Waals surface area contributed by atoms with Gasteiger partial charge >= 0.3 is 5.69 Å². The van der Waals surface area contributed by atoms with Gasteiger partial charge in [0.1, 0.15) is 10.0 Å². The van der Waals surface area contributed by atoms with Crippen molar-refractivity contribution >= 4 is 21.4 Å². The first-order valence-corrected chi connectivity index (χ1v) is 12.4. The van der Waals surface area contributed by atoms with Crippen LogP contribution in [-0.2, 0) is 23.5 Å². The molecule has 28 heavy (non-hydrogen) atoms. The summed E-state index contributed by atoms with van der Waals surface area (Å²) in [6.45, 7) is 2.98. The van der Waals surface area contributed by atoms with Gasteiger partial charge in [0.25, 0.3) is 10.0 Å². The van der Waals surface area contributed by atoms with Crippen molar-refractivity contribution in [2.45, 2.75) is 68.0 Å². The average Bonchev–Trinajstić information content (AvgIpc) is 3.43. The first-order valence-electron chi connectivity index (χ1n) is 10.2. The third kappa shape index (κ3) is 3.48. The highest BCUT2D eigenvalue weighted by atomic mass is 32.2. The van der Waals surface area contributed by atoms with Crippen LogP contribution in [0.2, 0.25) is 0 Å². The number of piperidine rings is 1. The molecule has 0 bridgehead atoms. The number of nitrogens with zero attached hydrogens (tertiary/aromatic N) is 4. The summed E-state index contributed by atoms with van der Waals surface area (Å²) in [6, 6.07) is 3.87. The molecule has 1 aliphatic carbocycles. The van der Waals surface area contributed by atoms with Crippen molar-refractivity contribution in [1.29, 1.82) is 0 Å². The zero-order chi connectivity index (χ0) is 19.9. The molecule has 1 aliphatic heterocycles. The van der Waals surface area contributed by atoms with Crippen molar-refractivity contribution in [2.24, 2.45) is 7.05 Å². The number of hydrogen-bond donors (Lipinski definition) is 0. The molecule has 154 valence electrons. The molecule has 0 radical (unpaired) electrons. The van der Waals surface area contributed by atoms with Crippen molar-refractivity contribution < 1.29 is 8.42 Å². The quantitative estimate of drug-likeness (QED) is 0.739. The van der Waals surface area contributed by atoms with Gasteiger partial charge in [0.15, 0.2) is 0 Å². The fourth-order valence-electron chi connectivity index (χ4n) is 4.45. The van der Waals surface area contributed by atoms with Gasteiger partial charge in [-0.05, 0) is 44.2 Å². The van der Waals surface area contributed by atoms with Crippen LogP contribution in [0.25, 0.3) is 0 Å². The van der Waals surface area contributed by atoms with Gasteiger partial charge < -0.3 is 0 Å². The molecule has 9 heteroatoms. The summed E-state index contributed by atoms with van der Waals surface area (Å²) < 4.78 is 31.3. The van der Waals surface area contributed by atoms with E-state index in [1.165, 1.54) is 16.0 Å². The van der Waals surface area contributed by atoms with Crippen molar-refractivity contribution in [3.8, 4) is 0 Å². The van der Waals surface area contributed by atoms with Gasteiger partial charge in [-0.15, -0.1) is 11.3 Å². The highest BCUT2D eigenvalue weighted by molar-refractivity contribution is 7.91. The van der Waals surface area contributed by atoms with E-state index in [2.05, 4.69) is 5.10 Å². The minimum atomic E-state index is -3.43. The second-order valence-corrected chi connectivity index (χ2v) is 11.2. The minimum absolute atomic E-state index is 0.0392. The summed E-state index contributed by atoms with van der Waals surface area (Å²) >= 11 is 1.36. The zero-order valence-electron chi connectivity index (χ0n) is 16.5. The Balaban J connectivity index is 1.52. The molecule has 0 aromatic carbocycles. The number of sulfonamides is 1. The van der Waals surface area contributed by atoms with Gasteiger partial charge in [0.2, 0.25) is 0 Å². The molecule has 2 fully saturated rings. The van der Waals surface area contributed by atoms with Crippen LogP contribution >= 0.6 is 11.3 Å². The topological polar surface area (TPSA) is 77.2 Å². The van der Waals surface area contributed by atoms with Gasteiger partial charge in [-0.1, -0.05) is 19.8 Å². The number of rotatable bonds is 5. The van der Waals surface area contributed by atoms with E-state index < -0.39 is 10.0 Å². The molecule has 1 saturated heterocycles. The molecule has 0 atom stereocenters. The standard InChI is InChI=1S/C19H28N4O3S2/c1-3-16-8-9-17(27-16)28(25,26)22-12-10-14(11-13-22)18-20-21(2)19(24)23(18)15-6-4-5-7-15/h8-9,14-15H,3-7,10-13H2,1-2H3. The molecule has 3 heterocycles. The van der Waals surface area contributed by atoms with E-state index in [9.17, 15) is 13.2 Å². The second-order valence-electron chi connectivity index (χ2n) is 7.83. The highest BCUT2D eigenvalue weighted by Crippen LogP contribution is 2.35. The summed E-state index contributed by atoms with van der Waals surface area (Å²) in [5.41, 5.74) is -0.0392. The molecule has 2 aromatic heterocycles. The van der Waals surface area contributed by atoms with Crippen LogP contribution in [0.1, 0.15) is 68.1 Å². The molecule has 0 unspecified atom stereocenters. The lowest BCUT2D eigenvalue weighted by atomic mass is 9.97. The van der Waals surface area contributed by atoms with Crippen LogP contribution < -0.4 is 5.69 Å². The summed E-state index contributed by atoms with van der Waals surface area (Å²) in [7, 11) is -1.72. The van der Waals surface area contributed by atoms with Crippen LogP contribution in [-0.4, -0.2) is 40.2 Å². The summed E-state index contributed by atoms with van der Waals surface area (Å²) in [5, 5.41) is 4.54. The Morgan fingerprint density at radius 2 is 1.82 bits per heavy atom. The van der Waals surface area contributed by atoms with Crippen LogP contribution in [0.3, 0.4) is 0 Å². The molecule has 1 saturated carbocycles. The first-order chi connectivity index (χ1) is 13.4. The molecule has 4 rings (SSSR count). The number of aryl methyl sites for hydroxylation is 2. The second kappa shape index (κ2) is 7.76. The van der Waals surface area contributed by atoms with E-state index >= 15 is 0 Å². The molecule has 2 aromatic rings. The molecular weight excluding hydrogens is 396 g/mol. The molecule has 7 nitrogen and oxygen atoms in total. The molecule has 0 amide bonds. The van der Waals surface area contributed by atoms with E-state index in [-0.39, 0.29) is 17.6 Å². The SMILES string of the molecule is CCc1ccc(S(=O)(=O)N2CCC(c3nn(C)c(=O)n3C3CCCC3)CC2)s1. The largest absolute Gasteiger partial charge is 0.345 e. The predicted molar refractivity (Wildman–Crippen MR) is 109 cm³/mol. The lowest BCUT2D eigenvalue weighted by Crippen LogP contribution is -2.38. The molecule has 0 N–H and O–H groups in total. The Morgan fingerprint density at radius 3 is 2.43 bits per heavy atom. The summed E-state index contributed by atoms with van der Waals surface area (Å²) in [5.74, 6) is 0.983. The number of aromatic nitrogens is 3. The fourth-order valence-corrected chi connectivity index (χ4v) is 7.37. The van der Waals surface area contributed by atoms with Crippen LogP contribution in [0, 0.1) is 0 Å². The predicted octanol–water partition coefficient (Wildman–Crippen LogP) is 2.89. The molecule has 2 aliphatic rings.